The maximum Gasteiger partial charge on any atom is 0.240 e. The minimum absolute atomic E-state index is 0.207. The summed E-state index contributed by atoms with van der Waals surface area (Å²) in [5.74, 6) is 0. The Bertz CT molecular complexity index is 532. The third-order valence-electron chi connectivity index (χ3n) is 2.63. The van der Waals surface area contributed by atoms with Crippen molar-refractivity contribution in [3.05, 3.63) is 28.8 Å². The molecule has 0 bridgehead atoms. The molecule has 1 rings (SSSR count). The van der Waals surface area contributed by atoms with Crippen LogP contribution in [0.1, 0.15) is 19.4 Å². The van der Waals surface area contributed by atoms with Crippen LogP contribution in [0.4, 0.5) is 0 Å². The van der Waals surface area contributed by atoms with Gasteiger partial charge in [-0.25, -0.2) is 13.1 Å². The molecule has 2 N–H and O–H groups in total. The van der Waals surface area contributed by atoms with Crippen molar-refractivity contribution in [2.45, 2.75) is 31.3 Å². The lowest BCUT2D eigenvalue weighted by Crippen LogP contribution is -2.27. The van der Waals surface area contributed by atoms with Gasteiger partial charge in [-0.2, -0.15) is 0 Å². The number of hydrogen-bond acceptors (Lipinski definition) is 4. The fourth-order valence-electron chi connectivity index (χ4n) is 1.53. The predicted molar refractivity (Wildman–Crippen MR) is 80.5 cm³/mol. The van der Waals surface area contributed by atoms with Crippen molar-refractivity contribution in [2.75, 3.05) is 20.3 Å². The Balaban J connectivity index is 2.87. The van der Waals surface area contributed by atoms with Crippen LogP contribution in [-0.2, 0) is 21.3 Å². The van der Waals surface area contributed by atoms with Crippen molar-refractivity contribution in [3.63, 3.8) is 0 Å². The number of hydrogen-bond donors (Lipinski definition) is 2. The molecule has 0 unspecified atom stereocenters. The maximum atomic E-state index is 12.1. The second-order valence-corrected chi connectivity index (χ2v) is 6.85. The maximum absolute atomic E-state index is 12.1. The number of methoxy groups -OCH3 is 1. The van der Waals surface area contributed by atoms with Gasteiger partial charge in [0, 0.05) is 31.3 Å². The van der Waals surface area contributed by atoms with Gasteiger partial charge in [0.15, 0.2) is 0 Å². The SMILES string of the molecule is COCCNS(=O)(=O)c1ccc(Cl)c(CNC(C)C)c1. The molecule has 7 heteroatoms. The Hall–Kier alpha value is -0.660. The number of rotatable bonds is 8. The van der Waals surface area contributed by atoms with Gasteiger partial charge in [-0.1, -0.05) is 25.4 Å². The van der Waals surface area contributed by atoms with Crippen LogP contribution in [0.15, 0.2) is 23.1 Å². The molecule has 0 aliphatic heterocycles. The molecule has 0 radical (unpaired) electrons. The number of benzene rings is 1. The van der Waals surface area contributed by atoms with Gasteiger partial charge in [0.2, 0.25) is 10.0 Å². The highest BCUT2D eigenvalue weighted by Crippen LogP contribution is 2.20. The molecule has 20 heavy (non-hydrogen) atoms. The van der Waals surface area contributed by atoms with Gasteiger partial charge in [0.05, 0.1) is 11.5 Å². The van der Waals surface area contributed by atoms with Crippen molar-refractivity contribution in [1.82, 2.24) is 10.0 Å². The molecule has 114 valence electrons. The highest BCUT2D eigenvalue weighted by Gasteiger charge is 2.15. The molecule has 0 amide bonds. The standard InChI is InChI=1S/C13H21ClN2O3S/c1-10(2)15-9-11-8-12(4-5-13(11)14)20(17,18)16-6-7-19-3/h4-5,8,10,15-16H,6-7,9H2,1-3H3. The third kappa shape index (κ3) is 5.38. The largest absolute Gasteiger partial charge is 0.383 e. The molecule has 0 saturated carbocycles. The highest BCUT2D eigenvalue weighted by atomic mass is 35.5. The Morgan fingerprint density at radius 3 is 2.65 bits per heavy atom. The quantitative estimate of drug-likeness (QED) is 0.716. The van der Waals surface area contributed by atoms with Gasteiger partial charge in [-0.15, -0.1) is 0 Å². The molecule has 5 nitrogen and oxygen atoms in total. The molecule has 0 aliphatic rings. The van der Waals surface area contributed by atoms with E-state index in [0.29, 0.717) is 24.2 Å². The van der Waals surface area contributed by atoms with E-state index in [-0.39, 0.29) is 11.4 Å². The number of sulfonamides is 1. The van der Waals surface area contributed by atoms with E-state index < -0.39 is 10.0 Å². The average molecular weight is 321 g/mol. The first-order chi connectivity index (χ1) is 9.36. The van der Waals surface area contributed by atoms with E-state index >= 15 is 0 Å². The zero-order valence-electron chi connectivity index (χ0n) is 11.9. The first-order valence-electron chi connectivity index (χ1n) is 6.37. The topological polar surface area (TPSA) is 67.4 Å². The summed E-state index contributed by atoms with van der Waals surface area (Å²) in [6.45, 7) is 5.12. The second-order valence-electron chi connectivity index (χ2n) is 4.68. The molecule has 1 aromatic rings. The van der Waals surface area contributed by atoms with E-state index in [1.807, 2.05) is 13.8 Å². The van der Waals surface area contributed by atoms with Crippen molar-refractivity contribution in [1.29, 1.82) is 0 Å². The predicted octanol–water partition coefficient (Wildman–Crippen LogP) is 1.76. The Kier molecular flexibility index (Phi) is 6.91. The zero-order chi connectivity index (χ0) is 15.2. The van der Waals surface area contributed by atoms with Crippen LogP contribution in [0.3, 0.4) is 0 Å². The molecule has 0 aliphatic carbocycles. The van der Waals surface area contributed by atoms with Gasteiger partial charge >= 0.3 is 0 Å². The van der Waals surface area contributed by atoms with Crippen molar-refractivity contribution in [3.8, 4) is 0 Å². The monoisotopic (exact) mass is 320 g/mol. The Labute approximate surface area is 125 Å². The van der Waals surface area contributed by atoms with Gasteiger partial charge in [0.25, 0.3) is 0 Å². The molecule has 0 fully saturated rings. The minimum atomic E-state index is -3.53. The fourth-order valence-corrected chi connectivity index (χ4v) is 2.78. The van der Waals surface area contributed by atoms with E-state index in [9.17, 15) is 8.42 Å². The van der Waals surface area contributed by atoms with E-state index in [4.69, 9.17) is 16.3 Å². The first kappa shape index (κ1) is 17.4. The lowest BCUT2D eigenvalue weighted by atomic mass is 10.2. The number of nitrogens with one attached hydrogen (secondary N) is 2. The van der Waals surface area contributed by atoms with E-state index in [2.05, 4.69) is 10.0 Å². The Morgan fingerprint density at radius 1 is 1.35 bits per heavy atom. The van der Waals surface area contributed by atoms with Crippen molar-refractivity contribution >= 4 is 21.6 Å². The molecular formula is C13H21ClN2O3S. The Morgan fingerprint density at radius 2 is 2.05 bits per heavy atom. The van der Waals surface area contributed by atoms with E-state index in [1.54, 1.807) is 12.1 Å². The zero-order valence-corrected chi connectivity index (χ0v) is 13.5. The fraction of sp³-hybridized carbons (Fsp3) is 0.538. The van der Waals surface area contributed by atoms with Crippen LogP contribution in [0.25, 0.3) is 0 Å². The molecular weight excluding hydrogens is 300 g/mol. The van der Waals surface area contributed by atoms with Crippen LogP contribution >= 0.6 is 11.6 Å². The summed E-state index contributed by atoms with van der Waals surface area (Å²) >= 11 is 6.08. The normalized spacial score (nSPS) is 12.1. The van der Waals surface area contributed by atoms with Crippen LogP contribution in [0, 0.1) is 0 Å². The summed E-state index contributed by atoms with van der Waals surface area (Å²) in [6, 6.07) is 4.98. The average Bonchev–Trinajstić information content (AvgIpc) is 2.37. The van der Waals surface area contributed by atoms with Crippen molar-refractivity contribution in [2.24, 2.45) is 0 Å². The second kappa shape index (κ2) is 7.95. The van der Waals surface area contributed by atoms with Crippen LogP contribution in [-0.4, -0.2) is 34.7 Å². The van der Waals surface area contributed by atoms with Crippen molar-refractivity contribution < 1.29 is 13.2 Å². The lowest BCUT2D eigenvalue weighted by Gasteiger charge is -2.12. The van der Waals surface area contributed by atoms with Gasteiger partial charge in [-0.05, 0) is 23.8 Å². The first-order valence-corrected chi connectivity index (χ1v) is 8.23. The molecule has 1 aromatic carbocycles. The third-order valence-corrected chi connectivity index (χ3v) is 4.45. The molecule has 0 saturated heterocycles. The van der Waals surface area contributed by atoms with E-state index in [0.717, 1.165) is 5.56 Å². The summed E-state index contributed by atoms with van der Waals surface area (Å²) in [6.07, 6.45) is 0. The minimum Gasteiger partial charge on any atom is -0.383 e. The summed E-state index contributed by atoms with van der Waals surface area (Å²) < 4.78 is 31.5. The summed E-state index contributed by atoms with van der Waals surface area (Å²) in [5.41, 5.74) is 0.759. The summed E-state index contributed by atoms with van der Waals surface area (Å²) in [4.78, 5) is 0.207. The molecule has 0 heterocycles. The smallest absolute Gasteiger partial charge is 0.240 e. The van der Waals surface area contributed by atoms with E-state index in [1.165, 1.54) is 13.2 Å². The number of halogens is 1. The summed E-state index contributed by atoms with van der Waals surface area (Å²) in [7, 11) is -2.01. The van der Waals surface area contributed by atoms with Crippen LogP contribution in [0.2, 0.25) is 5.02 Å². The van der Waals surface area contributed by atoms with Crippen LogP contribution < -0.4 is 10.0 Å². The molecule has 0 spiro atoms. The lowest BCUT2D eigenvalue weighted by molar-refractivity contribution is 0.204. The van der Waals surface area contributed by atoms with Gasteiger partial charge in [0.1, 0.15) is 0 Å². The van der Waals surface area contributed by atoms with Gasteiger partial charge in [-0.3, -0.25) is 0 Å². The van der Waals surface area contributed by atoms with Crippen LogP contribution in [0.5, 0.6) is 0 Å². The number of ether oxygens (including phenoxy) is 1. The molecule has 0 aromatic heterocycles. The summed E-state index contributed by atoms with van der Waals surface area (Å²) in [5, 5.41) is 3.76. The van der Waals surface area contributed by atoms with Gasteiger partial charge < -0.3 is 10.1 Å². The molecule has 0 atom stereocenters. The highest BCUT2D eigenvalue weighted by molar-refractivity contribution is 7.89.